The Morgan fingerprint density at radius 2 is 2.00 bits per heavy atom. The van der Waals surface area contributed by atoms with Crippen molar-refractivity contribution in [3.05, 3.63) is 0 Å². The van der Waals surface area contributed by atoms with E-state index in [2.05, 4.69) is 15.9 Å². The minimum absolute atomic E-state index is 0.00521. The van der Waals surface area contributed by atoms with Crippen LogP contribution in [0, 0.1) is 5.41 Å². The van der Waals surface area contributed by atoms with E-state index in [4.69, 9.17) is 0 Å². The van der Waals surface area contributed by atoms with Crippen molar-refractivity contribution in [2.45, 2.75) is 33.1 Å². The van der Waals surface area contributed by atoms with Gasteiger partial charge in [0, 0.05) is 11.8 Å². The molecule has 0 saturated carbocycles. The largest absolute Gasteiger partial charge is 0.239 e. The van der Waals surface area contributed by atoms with Gasteiger partial charge in [0.05, 0.1) is 0 Å². The Labute approximate surface area is 69.1 Å². The maximum absolute atomic E-state index is 11.9. The second-order valence-corrected chi connectivity index (χ2v) is 3.45. The van der Waals surface area contributed by atoms with E-state index in [0.29, 0.717) is 5.33 Å². The van der Waals surface area contributed by atoms with E-state index in [9.17, 15) is 8.78 Å². The summed E-state index contributed by atoms with van der Waals surface area (Å²) in [7, 11) is 0. The standard InChI is InChI=1S/C7H13BrF2/c1-3-7(2,5-8)4-6(9)10/h6H,3-5H2,1-2H3. The van der Waals surface area contributed by atoms with Crippen molar-refractivity contribution in [3.63, 3.8) is 0 Å². The van der Waals surface area contributed by atoms with E-state index >= 15 is 0 Å². The summed E-state index contributed by atoms with van der Waals surface area (Å²) in [5.74, 6) is 0. The third-order valence-electron chi connectivity index (χ3n) is 1.82. The van der Waals surface area contributed by atoms with E-state index in [1.54, 1.807) is 0 Å². The van der Waals surface area contributed by atoms with Gasteiger partial charge in [-0.1, -0.05) is 29.8 Å². The van der Waals surface area contributed by atoms with Gasteiger partial charge in [-0.2, -0.15) is 0 Å². The molecule has 0 radical (unpaired) electrons. The SMILES string of the molecule is CCC(C)(CBr)CC(F)F. The fourth-order valence-corrected chi connectivity index (χ4v) is 1.29. The molecule has 0 aromatic carbocycles. The predicted octanol–water partition coefficient (Wildman–Crippen LogP) is 3.45. The molecule has 0 N–H and O–H groups in total. The fraction of sp³-hybridized carbons (Fsp3) is 1.00. The normalized spacial score (nSPS) is 17.4. The Morgan fingerprint density at radius 3 is 2.10 bits per heavy atom. The molecule has 0 spiro atoms. The molecule has 0 amide bonds. The molecule has 0 rings (SSSR count). The minimum Gasteiger partial charge on any atom is -0.211 e. The number of hydrogen-bond acceptors (Lipinski definition) is 0. The van der Waals surface area contributed by atoms with Crippen LogP contribution in [0.2, 0.25) is 0 Å². The molecule has 1 unspecified atom stereocenters. The lowest BCUT2D eigenvalue weighted by Crippen LogP contribution is -2.20. The zero-order valence-electron chi connectivity index (χ0n) is 6.33. The zero-order chi connectivity index (χ0) is 8.20. The Balaban J connectivity index is 3.80. The molecule has 10 heavy (non-hydrogen) atoms. The van der Waals surface area contributed by atoms with Gasteiger partial charge in [-0.25, -0.2) is 8.78 Å². The van der Waals surface area contributed by atoms with Crippen LogP contribution in [0.3, 0.4) is 0 Å². The van der Waals surface area contributed by atoms with E-state index in [0.717, 1.165) is 6.42 Å². The number of hydrogen-bond donors (Lipinski definition) is 0. The summed E-state index contributed by atoms with van der Waals surface area (Å²) in [6.07, 6.45) is -1.39. The van der Waals surface area contributed by atoms with E-state index in [1.165, 1.54) is 0 Å². The third-order valence-corrected chi connectivity index (χ3v) is 3.18. The van der Waals surface area contributed by atoms with Gasteiger partial charge >= 0.3 is 0 Å². The Hall–Kier alpha value is 0.340. The molecule has 0 aromatic heterocycles. The summed E-state index contributed by atoms with van der Waals surface area (Å²) >= 11 is 3.23. The quantitative estimate of drug-likeness (QED) is 0.630. The summed E-state index contributed by atoms with van der Waals surface area (Å²) in [5, 5.41) is 0.654. The maximum Gasteiger partial charge on any atom is 0.239 e. The average molecular weight is 215 g/mol. The lowest BCUT2D eigenvalue weighted by molar-refractivity contribution is 0.0880. The summed E-state index contributed by atoms with van der Waals surface area (Å²) in [4.78, 5) is 0. The first-order valence-electron chi connectivity index (χ1n) is 3.38. The van der Waals surface area contributed by atoms with E-state index in [1.807, 2.05) is 13.8 Å². The number of alkyl halides is 3. The molecule has 0 aliphatic heterocycles. The molecule has 0 fully saturated rings. The van der Waals surface area contributed by atoms with Crippen LogP contribution in [0.4, 0.5) is 8.78 Å². The molecule has 0 aliphatic rings. The van der Waals surface area contributed by atoms with Gasteiger partial charge in [-0.3, -0.25) is 0 Å². The van der Waals surface area contributed by atoms with Crippen molar-refractivity contribution >= 4 is 15.9 Å². The minimum atomic E-state index is -2.18. The molecule has 3 heteroatoms. The van der Waals surface area contributed by atoms with Gasteiger partial charge in [-0.15, -0.1) is 0 Å². The molecular formula is C7H13BrF2. The smallest absolute Gasteiger partial charge is 0.211 e. The summed E-state index contributed by atoms with van der Waals surface area (Å²) in [6, 6.07) is 0. The summed E-state index contributed by atoms with van der Waals surface area (Å²) < 4.78 is 23.8. The van der Waals surface area contributed by atoms with Gasteiger partial charge in [0.15, 0.2) is 0 Å². The zero-order valence-corrected chi connectivity index (χ0v) is 7.92. The van der Waals surface area contributed by atoms with E-state index < -0.39 is 6.43 Å². The third kappa shape index (κ3) is 3.49. The molecule has 0 aliphatic carbocycles. The molecule has 0 aromatic rings. The molecule has 0 nitrogen and oxygen atoms in total. The summed E-state index contributed by atoms with van der Waals surface area (Å²) in [5.41, 5.74) is -0.228. The van der Waals surface area contributed by atoms with Crippen LogP contribution in [0.15, 0.2) is 0 Å². The number of halogens is 3. The first kappa shape index (κ1) is 10.3. The lowest BCUT2D eigenvalue weighted by Gasteiger charge is -2.24. The van der Waals surface area contributed by atoms with Crippen LogP contribution < -0.4 is 0 Å². The summed E-state index contributed by atoms with van der Waals surface area (Å²) in [6.45, 7) is 3.80. The van der Waals surface area contributed by atoms with Crippen LogP contribution in [0.1, 0.15) is 26.7 Å². The second-order valence-electron chi connectivity index (χ2n) is 2.89. The van der Waals surface area contributed by atoms with Crippen LogP contribution in [0.25, 0.3) is 0 Å². The van der Waals surface area contributed by atoms with Crippen molar-refractivity contribution in [2.24, 2.45) is 5.41 Å². The topological polar surface area (TPSA) is 0 Å². The van der Waals surface area contributed by atoms with Gasteiger partial charge in [-0.05, 0) is 11.8 Å². The van der Waals surface area contributed by atoms with Crippen molar-refractivity contribution in [3.8, 4) is 0 Å². The van der Waals surface area contributed by atoms with Gasteiger partial charge in [0.1, 0.15) is 0 Å². The van der Waals surface area contributed by atoms with Crippen molar-refractivity contribution in [1.29, 1.82) is 0 Å². The Bertz CT molecular complexity index is 89.6. The van der Waals surface area contributed by atoms with Gasteiger partial charge in [0.2, 0.25) is 6.43 Å². The van der Waals surface area contributed by atoms with Crippen LogP contribution in [-0.4, -0.2) is 11.8 Å². The first-order chi connectivity index (χ1) is 4.54. The molecule has 0 heterocycles. The Kier molecular flexibility index (Phi) is 4.41. The van der Waals surface area contributed by atoms with Crippen molar-refractivity contribution in [2.75, 3.05) is 5.33 Å². The first-order valence-corrected chi connectivity index (χ1v) is 4.50. The van der Waals surface area contributed by atoms with Gasteiger partial charge < -0.3 is 0 Å². The van der Waals surface area contributed by atoms with Crippen molar-refractivity contribution < 1.29 is 8.78 Å². The highest BCUT2D eigenvalue weighted by molar-refractivity contribution is 9.09. The van der Waals surface area contributed by atoms with Crippen LogP contribution in [-0.2, 0) is 0 Å². The fourth-order valence-electron chi connectivity index (χ4n) is 0.666. The molecule has 1 atom stereocenters. The maximum atomic E-state index is 11.9. The predicted molar refractivity (Wildman–Crippen MR) is 42.8 cm³/mol. The van der Waals surface area contributed by atoms with Gasteiger partial charge in [0.25, 0.3) is 0 Å². The van der Waals surface area contributed by atoms with E-state index in [-0.39, 0.29) is 11.8 Å². The van der Waals surface area contributed by atoms with Crippen molar-refractivity contribution in [1.82, 2.24) is 0 Å². The molecule has 62 valence electrons. The number of rotatable bonds is 4. The highest BCUT2D eigenvalue weighted by Gasteiger charge is 2.24. The molecular weight excluding hydrogens is 202 g/mol. The highest BCUT2D eigenvalue weighted by atomic mass is 79.9. The van der Waals surface area contributed by atoms with Crippen LogP contribution >= 0.6 is 15.9 Å². The second kappa shape index (κ2) is 4.27. The van der Waals surface area contributed by atoms with Crippen LogP contribution in [0.5, 0.6) is 0 Å². The lowest BCUT2D eigenvalue weighted by atomic mass is 9.87. The highest BCUT2D eigenvalue weighted by Crippen LogP contribution is 2.30. The average Bonchev–Trinajstić information content (AvgIpc) is 1.87. The Morgan fingerprint density at radius 1 is 1.50 bits per heavy atom. The molecule has 0 saturated heterocycles. The molecule has 0 bridgehead atoms. The monoisotopic (exact) mass is 214 g/mol.